The standard InChI is InChI=1S/C18H34N4O3/c1-15(2)20(5)12-16(23)21-8-6-18(7-9-21)14-22(11-10-19(3)4)17(24)13-25-18/h15H,6-14H2,1-5H3. The third kappa shape index (κ3) is 5.39. The number of rotatable bonds is 6. The van der Waals surface area contributed by atoms with Gasteiger partial charge in [0.2, 0.25) is 11.8 Å². The van der Waals surface area contributed by atoms with E-state index in [1.165, 1.54) is 0 Å². The molecule has 0 radical (unpaired) electrons. The van der Waals surface area contributed by atoms with Crippen LogP contribution in [0.25, 0.3) is 0 Å². The van der Waals surface area contributed by atoms with Crippen LogP contribution in [0, 0.1) is 0 Å². The van der Waals surface area contributed by atoms with Crippen molar-refractivity contribution in [1.82, 2.24) is 19.6 Å². The zero-order valence-electron chi connectivity index (χ0n) is 16.5. The number of morpholine rings is 1. The molecule has 0 unspecified atom stereocenters. The van der Waals surface area contributed by atoms with Crippen molar-refractivity contribution in [2.24, 2.45) is 0 Å². The molecule has 1 spiro atoms. The number of hydrogen-bond acceptors (Lipinski definition) is 5. The van der Waals surface area contributed by atoms with Gasteiger partial charge in [-0.2, -0.15) is 0 Å². The molecule has 144 valence electrons. The highest BCUT2D eigenvalue weighted by Gasteiger charge is 2.42. The number of ether oxygens (including phenoxy) is 1. The van der Waals surface area contributed by atoms with Crippen LogP contribution in [0.2, 0.25) is 0 Å². The fraction of sp³-hybridized carbons (Fsp3) is 0.889. The highest BCUT2D eigenvalue weighted by molar-refractivity contribution is 5.79. The number of likely N-dealkylation sites (tertiary alicyclic amines) is 1. The van der Waals surface area contributed by atoms with E-state index in [1.807, 2.05) is 30.9 Å². The molecule has 2 saturated heterocycles. The summed E-state index contributed by atoms with van der Waals surface area (Å²) >= 11 is 0. The van der Waals surface area contributed by atoms with Gasteiger partial charge in [-0.15, -0.1) is 0 Å². The molecule has 2 rings (SSSR count). The molecule has 0 atom stereocenters. The van der Waals surface area contributed by atoms with E-state index in [1.54, 1.807) is 0 Å². The highest BCUT2D eigenvalue weighted by Crippen LogP contribution is 2.30. The first-order valence-corrected chi connectivity index (χ1v) is 9.27. The molecule has 7 nitrogen and oxygen atoms in total. The van der Waals surface area contributed by atoms with Gasteiger partial charge in [0.25, 0.3) is 0 Å². The second kappa shape index (κ2) is 8.47. The van der Waals surface area contributed by atoms with Crippen molar-refractivity contribution in [3.63, 3.8) is 0 Å². The number of carbonyl (C=O) groups excluding carboxylic acids is 2. The Hall–Kier alpha value is -1.18. The fourth-order valence-corrected chi connectivity index (χ4v) is 3.27. The third-order valence-electron chi connectivity index (χ3n) is 5.44. The molecule has 25 heavy (non-hydrogen) atoms. The monoisotopic (exact) mass is 354 g/mol. The summed E-state index contributed by atoms with van der Waals surface area (Å²) in [5.74, 6) is 0.256. The van der Waals surface area contributed by atoms with Crippen molar-refractivity contribution < 1.29 is 14.3 Å². The van der Waals surface area contributed by atoms with Crippen LogP contribution in [0.5, 0.6) is 0 Å². The Bertz CT molecular complexity index is 473. The minimum Gasteiger partial charge on any atom is -0.363 e. The van der Waals surface area contributed by atoms with Crippen molar-refractivity contribution in [2.75, 3.05) is 67.0 Å². The fourth-order valence-electron chi connectivity index (χ4n) is 3.27. The van der Waals surface area contributed by atoms with E-state index in [4.69, 9.17) is 4.74 Å². The Morgan fingerprint density at radius 3 is 2.44 bits per heavy atom. The average Bonchev–Trinajstić information content (AvgIpc) is 2.56. The first-order chi connectivity index (χ1) is 11.7. The molecule has 0 bridgehead atoms. The molecular formula is C18H34N4O3. The molecule has 7 heteroatoms. The summed E-state index contributed by atoms with van der Waals surface area (Å²) in [4.78, 5) is 32.6. The van der Waals surface area contributed by atoms with Crippen molar-refractivity contribution in [3.05, 3.63) is 0 Å². The minimum atomic E-state index is -0.277. The Morgan fingerprint density at radius 1 is 1.24 bits per heavy atom. The summed E-state index contributed by atoms with van der Waals surface area (Å²) in [6, 6.07) is 0.359. The predicted molar refractivity (Wildman–Crippen MR) is 97.4 cm³/mol. The van der Waals surface area contributed by atoms with Crippen LogP contribution in [0.15, 0.2) is 0 Å². The second-order valence-electron chi connectivity index (χ2n) is 7.98. The van der Waals surface area contributed by atoms with Gasteiger partial charge in [0.05, 0.1) is 12.1 Å². The van der Waals surface area contributed by atoms with Crippen molar-refractivity contribution in [1.29, 1.82) is 0 Å². The van der Waals surface area contributed by atoms with E-state index in [2.05, 4.69) is 23.6 Å². The zero-order valence-corrected chi connectivity index (χ0v) is 16.5. The van der Waals surface area contributed by atoms with Gasteiger partial charge >= 0.3 is 0 Å². The van der Waals surface area contributed by atoms with Crippen LogP contribution in [-0.2, 0) is 14.3 Å². The van der Waals surface area contributed by atoms with Crippen molar-refractivity contribution >= 4 is 11.8 Å². The van der Waals surface area contributed by atoms with Crippen molar-refractivity contribution in [3.8, 4) is 0 Å². The molecule has 0 aromatic carbocycles. The van der Waals surface area contributed by atoms with Crippen LogP contribution < -0.4 is 0 Å². The van der Waals surface area contributed by atoms with Gasteiger partial charge in [-0.3, -0.25) is 14.5 Å². The van der Waals surface area contributed by atoms with Crippen LogP contribution in [-0.4, -0.2) is 110 Å². The molecule has 0 N–H and O–H groups in total. The number of hydrogen-bond donors (Lipinski definition) is 0. The largest absolute Gasteiger partial charge is 0.363 e. The third-order valence-corrected chi connectivity index (χ3v) is 5.44. The minimum absolute atomic E-state index is 0.0736. The van der Waals surface area contributed by atoms with Gasteiger partial charge in [-0.1, -0.05) is 0 Å². The quantitative estimate of drug-likeness (QED) is 0.678. The maximum atomic E-state index is 12.5. The van der Waals surface area contributed by atoms with E-state index >= 15 is 0 Å². The molecule has 2 aliphatic rings. The first kappa shape index (κ1) is 20.1. The second-order valence-corrected chi connectivity index (χ2v) is 7.98. The summed E-state index contributed by atoms with van der Waals surface area (Å²) in [6.07, 6.45) is 1.60. The van der Waals surface area contributed by atoms with Gasteiger partial charge in [-0.05, 0) is 47.8 Å². The summed E-state index contributed by atoms with van der Waals surface area (Å²) in [5.41, 5.74) is -0.277. The predicted octanol–water partition coefficient (Wildman–Crippen LogP) is 0.108. The van der Waals surface area contributed by atoms with Gasteiger partial charge in [-0.25, -0.2) is 0 Å². The van der Waals surface area contributed by atoms with E-state index in [9.17, 15) is 9.59 Å². The number of amides is 2. The topological polar surface area (TPSA) is 56.3 Å². The summed E-state index contributed by atoms with van der Waals surface area (Å²) in [7, 11) is 6.00. The summed E-state index contributed by atoms with van der Waals surface area (Å²) in [5, 5.41) is 0. The molecule has 2 heterocycles. The molecule has 0 aliphatic carbocycles. The molecule has 2 amide bonds. The summed E-state index contributed by atoms with van der Waals surface area (Å²) in [6.45, 7) is 8.46. The maximum Gasteiger partial charge on any atom is 0.248 e. The smallest absolute Gasteiger partial charge is 0.248 e. The Kier molecular flexibility index (Phi) is 6.82. The molecule has 0 saturated carbocycles. The van der Waals surface area contributed by atoms with E-state index in [-0.39, 0.29) is 24.0 Å². The van der Waals surface area contributed by atoms with Crippen LogP contribution in [0.4, 0.5) is 0 Å². The molecule has 2 aliphatic heterocycles. The van der Waals surface area contributed by atoms with Gasteiger partial charge in [0, 0.05) is 38.8 Å². The van der Waals surface area contributed by atoms with Gasteiger partial charge in [0.1, 0.15) is 6.61 Å². The molecule has 0 aromatic heterocycles. The van der Waals surface area contributed by atoms with E-state index in [0.29, 0.717) is 32.2 Å². The summed E-state index contributed by atoms with van der Waals surface area (Å²) < 4.78 is 5.95. The maximum absolute atomic E-state index is 12.5. The van der Waals surface area contributed by atoms with Crippen LogP contribution in [0.1, 0.15) is 26.7 Å². The normalized spacial score (nSPS) is 21.0. The number of likely N-dealkylation sites (N-methyl/N-ethyl adjacent to an activating group) is 2. The lowest BCUT2D eigenvalue weighted by Crippen LogP contribution is -2.60. The number of nitrogens with zero attached hydrogens (tertiary/aromatic N) is 4. The van der Waals surface area contributed by atoms with Gasteiger partial charge in [0.15, 0.2) is 0 Å². The molecule has 2 fully saturated rings. The Morgan fingerprint density at radius 2 is 1.88 bits per heavy atom. The highest BCUT2D eigenvalue weighted by atomic mass is 16.5. The van der Waals surface area contributed by atoms with Crippen molar-refractivity contribution in [2.45, 2.75) is 38.3 Å². The molecular weight excluding hydrogens is 320 g/mol. The lowest BCUT2D eigenvalue weighted by atomic mass is 9.89. The van der Waals surface area contributed by atoms with Gasteiger partial charge < -0.3 is 19.4 Å². The van der Waals surface area contributed by atoms with Crippen LogP contribution in [0.3, 0.4) is 0 Å². The average molecular weight is 354 g/mol. The lowest BCUT2D eigenvalue weighted by Gasteiger charge is -2.47. The molecule has 0 aromatic rings. The first-order valence-electron chi connectivity index (χ1n) is 9.27. The Labute approximate surface area is 151 Å². The SMILES string of the molecule is CC(C)N(C)CC(=O)N1CCC2(CC1)CN(CCN(C)C)C(=O)CO2. The lowest BCUT2D eigenvalue weighted by molar-refractivity contribution is -0.173. The number of carbonyl (C=O) groups is 2. The van der Waals surface area contributed by atoms with Crippen LogP contribution >= 0.6 is 0 Å². The number of piperidine rings is 1. The Balaban J connectivity index is 1.87. The zero-order chi connectivity index (χ0) is 18.6. The van der Waals surface area contributed by atoms with E-state index < -0.39 is 0 Å². The van der Waals surface area contributed by atoms with E-state index in [0.717, 1.165) is 25.9 Å².